The van der Waals surface area contributed by atoms with Crippen molar-refractivity contribution in [3.05, 3.63) is 82.4 Å². The number of carbonyl (C=O) groups is 1. The van der Waals surface area contributed by atoms with Gasteiger partial charge < -0.3 is 9.67 Å². The van der Waals surface area contributed by atoms with Crippen molar-refractivity contribution in [3.63, 3.8) is 0 Å². The second-order valence-electron chi connectivity index (χ2n) is 6.13. The molecule has 1 unspecified atom stereocenters. The maximum Gasteiger partial charge on any atom is 0.421 e. The molecule has 0 bridgehead atoms. The number of hydrogen-bond donors (Lipinski definition) is 1. The summed E-state index contributed by atoms with van der Waals surface area (Å²) in [5, 5.41) is 10.3. The Bertz CT molecular complexity index is 969. The lowest BCUT2D eigenvalue weighted by Gasteiger charge is -2.30. The first kappa shape index (κ1) is 20.4. The fraction of sp³-hybridized carbons (Fsp3) is 0.158. The Morgan fingerprint density at radius 2 is 1.68 bits per heavy atom. The highest BCUT2D eigenvalue weighted by Crippen LogP contribution is 2.43. The van der Waals surface area contributed by atoms with Gasteiger partial charge in [0.25, 0.3) is 0 Å². The summed E-state index contributed by atoms with van der Waals surface area (Å²) in [7, 11) is 0. The monoisotopic (exact) mass is 428 g/mol. The molecule has 0 spiro atoms. The number of aromatic nitrogens is 2. The zero-order chi connectivity index (χ0) is 20.5. The second kappa shape index (κ2) is 7.58. The molecule has 1 atom stereocenters. The van der Waals surface area contributed by atoms with Crippen molar-refractivity contribution in [2.24, 2.45) is 0 Å². The van der Waals surface area contributed by atoms with Crippen molar-refractivity contribution in [3.8, 4) is 5.69 Å². The molecule has 4 nitrogen and oxygen atoms in total. The molecule has 3 rings (SSSR count). The van der Waals surface area contributed by atoms with Gasteiger partial charge >= 0.3 is 6.18 Å². The number of aliphatic hydroxyl groups is 1. The molecule has 0 aliphatic carbocycles. The Morgan fingerprint density at radius 1 is 1.07 bits per heavy atom. The molecule has 0 saturated heterocycles. The van der Waals surface area contributed by atoms with Gasteiger partial charge in [0.2, 0.25) is 0 Å². The van der Waals surface area contributed by atoms with E-state index in [2.05, 4.69) is 4.98 Å². The van der Waals surface area contributed by atoms with Crippen LogP contribution < -0.4 is 0 Å². The molecule has 2 aromatic carbocycles. The normalized spacial score (nSPS) is 13.9. The van der Waals surface area contributed by atoms with Crippen LogP contribution in [0.3, 0.4) is 0 Å². The lowest BCUT2D eigenvalue weighted by molar-refractivity contribution is -0.264. The Balaban J connectivity index is 1.92. The number of imidazole rings is 1. The van der Waals surface area contributed by atoms with E-state index in [1.54, 1.807) is 35.4 Å². The fourth-order valence-corrected chi connectivity index (χ4v) is 3.25. The lowest BCUT2D eigenvalue weighted by atomic mass is 9.86. The summed E-state index contributed by atoms with van der Waals surface area (Å²) in [6.45, 7) is 0. The van der Waals surface area contributed by atoms with Crippen LogP contribution in [0.4, 0.5) is 13.2 Å². The first-order valence-electron chi connectivity index (χ1n) is 7.97. The molecular formula is C19H13Cl2F3N2O2. The highest BCUT2D eigenvalue weighted by atomic mass is 35.5. The maximum atomic E-state index is 13.7. The van der Waals surface area contributed by atoms with E-state index >= 15 is 0 Å². The van der Waals surface area contributed by atoms with Gasteiger partial charge in [-0.3, -0.25) is 4.79 Å². The van der Waals surface area contributed by atoms with E-state index in [1.165, 1.54) is 18.2 Å². The largest absolute Gasteiger partial charge is 0.421 e. The smallest absolute Gasteiger partial charge is 0.376 e. The summed E-state index contributed by atoms with van der Waals surface area (Å²) >= 11 is 11.5. The molecule has 0 amide bonds. The van der Waals surface area contributed by atoms with Crippen molar-refractivity contribution < 1.29 is 23.1 Å². The van der Waals surface area contributed by atoms with Gasteiger partial charge in [0.1, 0.15) is 0 Å². The Morgan fingerprint density at radius 3 is 2.18 bits per heavy atom. The standard InChI is InChI=1S/C19H13Cl2F3N2O2/c20-14-7-13(8-15(21)9-14)18(28,19(22,23)24)10-17(27)12-1-3-16(4-2-12)26-6-5-25-11-26/h1-9,11,28H,10H2. The quantitative estimate of drug-likeness (QED) is 0.568. The number of Topliss-reactive ketones (excluding diaryl/α,β-unsaturated/α-hetero) is 1. The molecule has 0 aliphatic heterocycles. The molecule has 0 radical (unpaired) electrons. The molecule has 1 N–H and O–H groups in total. The van der Waals surface area contributed by atoms with E-state index in [0.717, 1.165) is 12.1 Å². The van der Waals surface area contributed by atoms with E-state index in [4.69, 9.17) is 23.2 Å². The molecule has 3 aromatic rings. The second-order valence-corrected chi connectivity index (χ2v) is 7.01. The lowest BCUT2D eigenvalue weighted by Crippen LogP contribution is -2.44. The minimum atomic E-state index is -5.12. The van der Waals surface area contributed by atoms with Gasteiger partial charge in [0.15, 0.2) is 11.4 Å². The van der Waals surface area contributed by atoms with Crippen molar-refractivity contribution in [2.45, 2.75) is 18.2 Å². The summed E-state index contributed by atoms with van der Waals surface area (Å²) in [4.78, 5) is 16.4. The van der Waals surface area contributed by atoms with E-state index < -0.39 is 29.5 Å². The van der Waals surface area contributed by atoms with Gasteiger partial charge in [0, 0.05) is 33.7 Å². The van der Waals surface area contributed by atoms with Crippen molar-refractivity contribution in [2.75, 3.05) is 0 Å². The molecule has 0 aliphatic rings. The number of nitrogens with zero attached hydrogens (tertiary/aromatic N) is 2. The van der Waals surface area contributed by atoms with E-state index in [0.29, 0.717) is 5.69 Å². The summed E-state index contributed by atoms with van der Waals surface area (Å²) < 4.78 is 42.7. The molecular weight excluding hydrogens is 416 g/mol. The van der Waals surface area contributed by atoms with Gasteiger partial charge in [0.05, 0.1) is 12.7 Å². The van der Waals surface area contributed by atoms with Crippen LogP contribution in [0.1, 0.15) is 22.3 Å². The van der Waals surface area contributed by atoms with E-state index in [9.17, 15) is 23.1 Å². The number of halogens is 5. The Labute approximate surface area is 168 Å². The average molecular weight is 429 g/mol. The minimum absolute atomic E-state index is 0.0275. The third kappa shape index (κ3) is 4.06. The number of hydrogen-bond acceptors (Lipinski definition) is 3. The number of rotatable bonds is 5. The third-order valence-electron chi connectivity index (χ3n) is 4.22. The topological polar surface area (TPSA) is 55.1 Å². The SMILES string of the molecule is O=C(CC(O)(c1cc(Cl)cc(Cl)c1)C(F)(F)F)c1ccc(-n2ccnc2)cc1. The molecule has 146 valence electrons. The first-order valence-corrected chi connectivity index (χ1v) is 8.73. The Hall–Kier alpha value is -2.35. The maximum absolute atomic E-state index is 13.7. The van der Waals surface area contributed by atoms with Gasteiger partial charge in [-0.1, -0.05) is 23.2 Å². The van der Waals surface area contributed by atoms with E-state index in [1.807, 2.05) is 0 Å². The first-order chi connectivity index (χ1) is 13.1. The molecule has 9 heteroatoms. The predicted molar refractivity (Wildman–Crippen MR) is 98.9 cm³/mol. The van der Waals surface area contributed by atoms with Gasteiger partial charge in [-0.25, -0.2) is 4.98 Å². The van der Waals surface area contributed by atoms with Gasteiger partial charge in [-0.15, -0.1) is 0 Å². The molecule has 0 fully saturated rings. The number of benzene rings is 2. The summed E-state index contributed by atoms with van der Waals surface area (Å²) in [5.41, 5.74) is -3.32. The van der Waals surface area contributed by atoms with Crippen LogP contribution in [0.15, 0.2) is 61.2 Å². The average Bonchev–Trinajstić information content (AvgIpc) is 3.14. The summed E-state index contributed by atoms with van der Waals surface area (Å²) in [6, 6.07) is 9.03. The van der Waals surface area contributed by atoms with Crippen LogP contribution in [0.2, 0.25) is 10.0 Å². The zero-order valence-electron chi connectivity index (χ0n) is 14.1. The summed E-state index contributed by atoms with van der Waals surface area (Å²) in [6.07, 6.45) is -1.53. The third-order valence-corrected chi connectivity index (χ3v) is 4.65. The van der Waals surface area contributed by atoms with Crippen LogP contribution in [0, 0.1) is 0 Å². The molecule has 1 heterocycles. The van der Waals surface area contributed by atoms with Crippen molar-refractivity contribution in [1.82, 2.24) is 9.55 Å². The van der Waals surface area contributed by atoms with Crippen LogP contribution in [0.25, 0.3) is 5.69 Å². The molecule has 1 aromatic heterocycles. The predicted octanol–water partition coefficient (Wildman–Crippen LogP) is 5.20. The highest BCUT2D eigenvalue weighted by Gasteiger charge is 2.56. The fourth-order valence-electron chi connectivity index (χ4n) is 2.72. The zero-order valence-corrected chi connectivity index (χ0v) is 15.6. The van der Waals surface area contributed by atoms with Crippen LogP contribution in [-0.4, -0.2) is 26.6 Å². The van der Waals surface area contributed by atoms with Gasteiger partial charge in [-0.2, -0.15) is 13.2 Å². The molecule has 0 saturated carbocycles. The van der Waals surface area contributed by atoms with Crippen molar-refractivity contribution in [1.29, 1.82) is 0 Å². The van der Waals surface area contributed by atoms with E-state index in [-0.39, 0.29) is 15.6 Å². The molecule has 28 heavy (non-hydrogen) atoms. The Kier molecular flexibility index (Phi) is 5.52. The van der Waals surface area contributed by atoms with Crippen molar-refractivity contribution >= 4 is 29.0 Å². The minimum Gasteiger partial charge on any atom is -0.376 e. The van der Waals surface area contributed by atoms with Crippen LogP contribution >= 0.6 is 23.2 Å². The number of alkyl halides is 3. The highest BCUT2D eigenvalue weighted by molar-refractivity contribution is 6.34. The van der Waals surface area contributed by atoms with Crippen LogP contribution in [0.5, 0.6) is 0 Å². The number of carbonyl (C=O) groups excluding carboxylic acids is 1. The van der Waals surface area contributed by atoms with Gasteiger partial charge in [-0.05, 0) is 48.0 Å². The number of ketones is 1. The van der Waals surface area contributed by atoms with Crippen LogP contribution in [-0.2, 0) is 5.60 Å². The summed E-state index contributed by atoms with van der Waals surface area (Å²) in [5.74, 6) is -0.881.